The Morgan fingerprint density at radius 1 is 1.39 bits per heavy atom. The first-order valence-electron chi connectivity index (χ1n) is 7.80. The normalized spacial score (nSPS) is 18.1. The molecule has 0 saturated carbocycles. The number of thiazole rings is 1. The maximum absolute atomic E-state index is 12.2. The van der Waals surface area contributed by atoms with E-state index in [1.807, 2.05) is 23.1 Å². The summed E-state index contributed by atoms with van der Waals surface area (Å²) < 4.78 is 1.19. The van der Waals surface area contributed by atoms with Crippen LogP contribution in [0, 0.1) is 0 Å². The van der Waals surface area contributed by atoms with E-state index in [2.05, 4.69) is 11.4 Å². The first-order chi connectivity index (χ1) is 11.1. The summed E-state index contributed by atoms with van der Waals surface area (Å²) in [6, 6.07) is 7.53. The van der Waals surface area contributed by atoms with Crippen molar-refractivity contribution in [1.29, 1.82) is 0 Å². The molecule has 0 bridgehead atoms. The zero-order chi connectivity index (χ0) is 16.2. The molecule has 0 spiro atoms. The molecule has 1 saturated heterocycles. The topological polar surface area (TPSA) is 88.3 Å². The number of nitrogens with zero attached hydrogens (tertiary/aromatic N) is 2. The van der Waals surface area contributed by atoms with Gasteiger partial charge in [-0.05, 0) is 25.0 Å². The van der Waals surface area contributed by atoms with Crippen LogP contribution in [0.5, 0.6) is 0 Å². The summed E-state index contributed by atoms with van der Waals surface area (Å²) in [6.07, 6.45) is 2.33. The monoisotopic (exact) mass is 332 g/mol. The van der Waals surface area contributed by atoms with Crippen molar-refractivity contribution >= 4 is 33.5 Å². The van der Waals surface area contributed by atoms with Gasteiger partial charge in [0, 0.05) is 32.0 Å². The van der Waals surface area contributed by atoms with Gasteiger partial charge in [-0.25, -0.2) is 9.78 Å². The number of carbonyl (C=O) groups is 2. The molecule has 0 aliphatic carbocycles. The van der Waals surface area contributed by atoms with Gasteiger partial charge in [-0.15, -0.1) is 11.3 Å². The zero-order valence-corrected chi connectivity index (χ0v) is 13.6. The van der Waals surface area contributed by atoms with Gasteiger partial charge >= 0.3 is 6.03 Å². The van der Waals surface area contributed by atoms with E-state index in [-0.39, 0.29) is 18.9 Å². The van der Waals surface area contributed by atoms with Crippen LogP contribution < -0.4 is 11.1 Å². The van der Waals surface area contributed by atoms with E-state index in [0.717, 1.165) is 29.9 Å². The van der Waals surface area contributed by atoms with Crippen molar-refractivity contribution in [2.75, 3.05) is 19.6 Å². The van der Waals surface area contributed by atoms with E-state index >= 15 is 0 Å². The molecule has 7 heteroatoms. The van der Waals surface area contributed by atoms with Gasteiger partial charge in [0.15, 0.2) is 0 Å². The van der Waals surface area contributed by atoms with Crippen molar-refractivity contribution in [3.63, 3.8) is 0 Å². The van der Waals surface area contributed by atoms with E-state index < -0.39 is 6.03 Å². The van der Waals surface area contributed by atoms with Gasteiger partial charge in [-0.3, -0.25) is 4.79 Å². The number of hydrogen-bond acceptors (Lipinski definition) is 4. The Morgan fingerprint density at radius 2 is 2.22 bits per heavy atom. The highest BCUT2D eigenvalue weighted by Crippen LogP contribution is 2.33. The summed E-state index contributed by atoms with van der Waals surface area (Å²) >= 11 is 1.72. The maximum Gasteiger partial charge on any atom is 0.312 e. The lowest BCUT2D eigenvalue weighted by Crippen LogP contribution is -2.41. The summed E-state index contributed by atoms with van der Waals surface area (Å²) in [5.41, 5.74) is 6.04. The Labute approximate surface area is 138 Å². The molecular formula is C16H20N4O2S. The predicted octanol–water partition coefficient (Wildman–Crippen LogP) is 2.06. The molecule has 3 amide bonds. The number of nitrogens with two attached hydrogens (primary N) is 1. The number of benzene rings is 1. The molecule has 1 aliphatic rings. The Balaban J connectivity index is 1.63. The van der Waals surface area contributed by atoms with Crippen LogP contribution in [-0.2, 0) is 4.79 Å². The summed E-state index contributed by atoms with van der Waals surface area (Å²) in [5, 5.41) is 3.57. The summed E-state index contributed by atoms with van der Waals surface area (Å²) in [7, 11) is 0. The fourth-order valence-electron chi connectivity index (χ4n) is 2.92. The number of para-hydroxylation sites is 1. The van der Waals surface area contributed by atoms with E-state index in [0.29, 0.717) is 12.5 Å². The Bertz CT molecular complexity index is 682. The molecule has 0 radical (unpaired) electrons. The van der Waals surface area contributed by atoms with Crippen LogP contribution in [0.15, 0.2) is 24.3 Å². The standard InChI is InChI=1S/C16H20N4O2S/c17-16(22)18-8-7-14(21)20-9-3-4-11(10-20)15-19-12-5-1-2-6-13(12)23-15/h1-2,5-6,11H,3-4,7-10H2,(H3,17,18,22)/t11-/m0/s1. The second-order valence-corrected chi connectivity index (χ2v) is 6.80. The third kappa shape index (κ3) is 3.79. The highest BCUT2D eigenvalue weighted by atomic mass is 32.1. The zero-order valence-electron chi connectivity index (χ0n) is 12.8. The van der Waals surface area contributed by atoms with E-state index in [1.54, 1.807) is 11.3 Å². The number of piperidine rings is 1. The first kappa shape index (κ1) is 15.7. The van der Waals surface area contributed by atoms with E-state index in [1.165, 1.54) is 4.70 Å². The van der Waals surface area contributed by atoms with Crippen LogP contribution >= 0.6 is 11.3 Å². The predicted molar refractivity (Wildman–Crippen MR) is 90.4 cm³/mol. The van der Waals surface area contributed by atoms with Crippen LogP contribution in [0.2, 0.25) is 0 Å². The Morgan fingerprint density at radius 3 is 3.00 bits per heavy atom. The van der Waals surface area contributed by atoms with Crippen molar-refractivity contribution in [2.45, 2.75) is 25.2 Å². The van der Waals surface area contributed by atoms with Crippen LogP contribution in [0.3, 0.4) is 0 Å². The number of nitrogens with one attached hydrogen (secondary N) is 1. The van der Waals surface area contributed by atoms with Gasteiger partial charge in [0.2, 0.25) is 5.91 Å². The number of primary amides is 1. The molecule has 1 atom stereocenters. The molecule has 2 aromatic rings. The van der Waals surface area contributed by atoms with Gasteiger partial charge in [0.1, 0.15) is 0 Å². The molecule has 0 unspecified atom stereocenters. The van der Waals surface area contributed by atoms with E-state index in [9.17, 15) is 9.59 Å². The lowest BCUT2D eigenvalue weighted by Gasteiger charge is -2.32. The highest BCUT2D eigenvalue weighted by molar-refractivity contribution is 7.18. The number of rotatable bonds is 4. The molecule has 1 aliphatic heterocycles. The molecule has 6 nitrogen and oxygen atoms in total. The summed E-state index contributed by atoms with van der Waals surface area (Å²) in [4.78, 5) is 29.5. The molecule has 3 N–H and O–H groups in total. The van der Waals surface area contributed by atoms with Gasteiger partial charge in [0.25, 0.3) is 0 Å². The Hall–Kier alpha value is -2.15. The number of aromatic nitrogens is 1. The number of carbonyl (C=O) groups excluding carboxylic acids is 2. The second-order valence-electron chi connectivity index (χ2n) is 5.74. The van der Waals surface area contributed by atoms with Crippen molar-refractivity contribution in [2.24, 2.45) is 5.73 Å². The van der Waals surface area contributed by atoms with Crippen molar-refractivity contribution in [1.82, 2.24) is 15.2 Å². The lowest BCUT2D eigenvalue weighted by atomic mass is 9.98. The molecule has 2 heterocycles. The third-order valence-corrected chi connectivity index (χ3v) is 5.27. The van der Waals surface area contributed by atoms with Crippen LogP contribution in [0.4, 0.5) is 4.79 Å². The average Bonchev–Trinajstić information content (AvgIpc) is 2.98. The summed E-state index contributed by atoms with van der Waals surface area (Å²) in [6.45, 7) is 1.77. The third-order valence-electron chi connectivity index (χ3n) is 4.07. The number of likely N-dealkylation sites (tertiary alicyclic amines) is 1. The van der Waals surface area contributed by atoms with Crippen LogP contribution in [-0.4, -0.2) is 41.5 Å². The SMILES string of the molecule is NC(=O)NCCC(=O)N1CCC[C@H](c2nc3ccccc3s2)C1. The minimum Gasteiger partial charge on any atom is -0.352 e. The fraction of sp³-hybridized carbons (Fsp3) is 0.438. The first-order valence-corrected chi connectivity index (χ1v) is 8.61. The van der Waals surface area contributed by atoms with Crippen molar-refractivity contribution in [3.8, 4) is 0 Å². The molecule has 1 fully saturated rings. The molecule has 3 rings (SSSR count). The largest absolute Gasteiger partial charge is 0.352 e. The Kier molecular flexibility index (Phi) is 4.76. The summed E-state index contributed by atoms with van der Waals surface area (Å²) in [5.74, 6) is 0.360. The van der Waals surface area contributed by atoms with Gasteiger partial charge in [-0.1, -0.05) is 12.1 Å². The van der Waals surface area contributed by atoms with Gasteiger partial charge in [0.05, 0.1) is 15.2 Å². The van der Waals surface area contributed by atoms with Crippen molar-refractivity contribution < 1.29 is 9.59 Å². The lowest BCUT2D eigenvalue weighted by molar-refractivity contribution is -0.132. The number of fused-ring (bicyclic) bond motifs is 1. The molecule has 23 heavy (non-hydrogen) atoms. The molecule has 1 aromatic heterocycles. The van der Waals surface area contributed by atoms with Gasteiger partial charge in [-0.2, -0.15) is 0 Å². The number of amides is 3. The molecule has 1 aromatic carbocycles. The van der Waals surface area contributed by atoms with Gasteiger partial charge < -0.3 is 16.0 Å². The number of hydrogen-bond donors (Lipinski definition) is 2. The minimum absolute atomic E-state index is 0.0598. The molecular weight excluding hydrogens is 312 g/mol. The minimum atomic E-state index is -0.594. The average molecular weight is 332 g/mol. The van der Waals surface area contributed by atoms with Crippen LogP contribution in [0.1, 0.15) is 30.2 Å². The van der Waals surface area contributed by atoms with Crippen molar-refractivity contribution in [3.05, 3.63) is 29.3 Å². The smallest absolute Gasteiger partial charge is 0.312 e. The maximum atomic E-state index is 12.2. The fourth-order valence-corrected chi connectivity index (χ4v) is 4.01. The molecule has 122 valence electrons. The quantitative estimate of drug-likeness (QED) is 0.898. The van der Waals surface area contributed by atoms with Crippen LogP contribution in [0.25, 0.3) is 10.2 Å². The second kappa shape index (κ2) is 6.95. The van der Waals surface area contributed by atoms with E-state index in [4.69, 9.17) is 10.7 Å². The highest BCUT2D eigenvalue weighted by Gasteiger charge is 2.26. The number of urea groups is 1.